The van der Waals surface area contributed by atoms with Crippen LogP contribution in [0.5, 0.6) is 0 Å². The molecule has 2 atom stereocenters. The van der Waals surface area contributed by atoms with Gasteiger partial charge in [-0.2, -0.15) is 0 Å². The summed E-state index contributed by atoms with van der Waals surface area (Å²) in [5.41, 5.74) is 6.06. The molecule has 0 aliphatic carbocycles. The lowest BCUT2D eigenvalue weighted by atomic mass is 9.94. The number of benzene rings is 1. The number of aliphatic hydroxyl groups is 2. The van der Waals surface area contributed by atoms with E-state index in [-0.39, 0.29) is 0 Å². The molecule has 82 valence electrons. The average molecular weight is 209 g/mol. The number of aliphatic hydroxyl groups excluding tert-OH is 2. The van der Waals surface area contributed by atoms with Crippen molar-refractivity contribution < 1.29 is 15.0 Å². The first-order valence-corrected chi connectivity index (χ1v) is 4.77. The molecule has 1 aromatic carbocycles. The van der Waals surface area contributed by atoms with Crippen LogP contribution in [0.15, 0.2) is 30.3 Å². The Bertz CT molecular complexity index is 313. The lowest BCUT2D eigenvalue weighted by Crippen LogP contribution is -2.37. The zero-order valence-corrected chi connectivity index (χ0v) is 8.34. The van der Waals surface area contributed by atoms with Crippen LogP contribution in [0.25, 0.3) is 0 Å². The lowest BCUT2D eigenvalue weighted by molar-refractivity contribution is -0.126. The maximum absolute atomic E-state index is 11.1. The minimum absolute atomic E-state index is 0.345. The molecule has 4 heteroatoms. The molecular weight excluding hydrogens is 194 g/mol. The van der Waals surface area contributed by atoms with Crippen molar-refractivity contribution >= 4 is 5.91 Å². The topological polar surface area (TPSA) is 83.6 Å². The number of hydrogen-bond acceptors (Lipinski definition) is 3. The van der Waals surface area contributed by atoms with E-state index in [0.29, 0.717) is 6.42 Å². The van der Waals surface area contributed by atoms with Crippen molar-refractivity contribution in [2.75, 3.05) is 6.61 Å². The molecule has 0 spiro atoms. The van der Waals surface area contributed by atoms with Gasteiger partial charge in [0, 0.05) is 0 Å². The van der Waals surface area contributed by atoms with E-state index in [1.807, 2.05) is 30.3 Å². The highest BCUT2D eigenvalue weighted by Crippen LogP contribution is 2.12. The van der Waals surface area contributed by atoms with Gasteiger partial charge in [0.1, 0.15) is 0 Å². The van der Waals surface area contributed by atoms with Gasteiger partial charge in [0.05, 0.1) is 18.6 Å². The first-order chi connectivity index (χ1) is 7.15. The molecule has 0 bridgehead atoms. The van der Waals surface area contributed by atoms with Crippen LogP contribution in [0, 0.1) is 5.92 Å². The van der Waals surface area contributed by atoms with Crippen molar-refractivity contribution in [3.05, 3.63) is 35.9 Å². The van der Waals surface area contributed by atoms with Crippen LogP contribution >= 0.6 is 0 Å². The molecule has 0 saturated heterocycles. The van der Waals surface area contributed by atoms with Crippen LogP contribution in [-0.4, -0.2) is 28.8 Å². The van der Waals surface area contributed by atoms with E-state index in [0.717, 1.165) is 5.56 Å². The molecule has 4 nitrogen and oxygen atoms in total. The minimum atomic E-state index is -1.09. The van der Waals surface area contributed by atoms with E-state index in [2.05, 4.69) is 0 Å². The van der Waals surface area contributed by atoms with Crippen molar-refractivity contribution in [3.8, 4) is 0 Å². The number of carbonyl (C=O) groups excluding carboxylic acids is 1. The van der Waals surface area contributed by atoms with E-state index < -0.39 is 24.5 Å². The van der Waals surface area contributed by atoms with Crippen molar-refractivity contribution in [2.24, 2.45) is 11.7 Å². The Balaban J connectivity index is 2.71. The highest BCUT2D eigenvalue weighted by Gasteiger charge is 2.24. The summed E-state index contributed by atoms with van der Waals surface area (Å²) in [5, 5.41) is 18.2. The Morgan fingerprint density at radius 3 is 2.40 bits per heavy atom. The maximum Gasteiger partial charge on any atom is 0.223 e. The largest absolute Gasteiger partial charge is 0.394 e. The molecule has 0 radical (unpaired) electrons. The predicted molar refractivity (Wildman–Crippen MR) is 55.9 cm³/mol. The number of nitrogens with two attached hydrogens (primary N) is 1. The van der Waals surface area contributed by atoms with E-state index in [1.54, 1.807) is 0 Å². The molecule has 1 rings (SSSR count). The highest BCUT2D eigenvalue weighted by atomic mass is 16.3. The Labute approximate surface area is 88.3 Å². The second kappa shape index (κ2) is 5.48. The van der Waals surface area contributed by atoms with E-state index in [4.69, 9.17) is 10.8 Å². The van der Waals surface area contributed by atoms with Crippen LogP contribution in [0.3, 0.4) is 0 Å². The lowest BCUT2D eigenvalue weighted by Gasteiger charge is -2.17. The Morgan fingerprint density at radius 1 is 1.33 bits per heavy atom. The van der Waals surface area contributed by atoms with Gasteiger partial charge in [0.25, 0.3) is 0 Å². The number of carbonyl (C=O) groups is 1. The third-order valence-corrected chi connectivity index (χ3v) is 2.32. The molecule has 0 aliphatic rings. The Kier molecular flexibility index (Phi) is 4.27. The van der Waals surface area contributed by atoms with Gasteiger partial charge in [0.15, 0.2) is 0 Å². The second-order valence-electron chi connectivity index (χ2n) is 3.45. The molecule has 0 saturated carbocycles. The predicted octanol–water partition coefficient (Wildman–Crippen LogP) is -0.316. The van der Waals surface area contributed by atoms with E-state index in [9.17, 15) is 9.90 Å². The zero-order chi connectivity index (χ0) is 11.3. The maximum atomic E-state index is 11.1. The summed E-state index contributed by atoms with van der Waals surface area (Å²) in [5.74, 6) is -1.34. The molecule has 0 fully saturated rings. The van der Waals surface area contributed by atoms with Crippen molar-refractivity contribution in [3.63, 3.8) is 0 Å². The molecule has 0 aliphatic heterocycles. The Morgan fingerprint density at radius 2 is 1.93 bits per heavy atom. The number of amides is 1. The first-order valence-electron chi connectivity index (χ1n) is 4.77. The second-order valence-corrected chi connectivity index (χ2v) is 3.45. The van der Waals surface area contributed by atoms with Gasteiger partial charge in [-0.1, -0.05) is 30.3 Å². The van der Waals surface area contributed by atoms with Crippen LogP contribution in [0.2, 0.25) is 0 Å². The van der Waals surface area contributed by atoms with Crippen LogP contribution < -0.4 is 5.73 Å². The summed E-state index contributed by atoms with van der Waals surface area (Å²) in [6.07, 6.45) is -0.750. The van der Waals surface area contributed by atoms with Gasteiger partial charge in [-0.3, -0.25) is 4.79 Å². The van der Waals surface area contributed by atoms with E-state index in [1.165, 1.54) is 0 Å². The molecule has 1 amide bonds. The third-order valence-electron chi connectivity index (χ3n) is 2.32. The Hall–Kier alpha value is -1.39. The fraction of sp³-hybridized carbons (Fsp3) is 0.364. The molecule has 15 heavy (non-hydrogen) atoms. The number of hydrogen-bond donors (Lipinski definition) is 3. The third kappa shape index (κ3) is 3.34. The zero-order valence-electron chi connectivity index (χ0n) is 8.34. The summed E-state index contributed by atoms with van der Waals surface area (Å²) in [7, 11) is 0. The molecule has 0 aromatic heterocycles. The normalized spacial score (nSPS) is 14.5. The summed E-state index contributed by atoms with van der Waals surface area (Å²) < 4.78 is 0. The van der Waals surface area contributed by atoms with Crippen molar-refractivity contribution in [2.45, 2.75) is 12.5 Å². The SMILES string of the molecule is NC(=O)[C@@H](Cc1ccccc1)[C@H](O)CO. The van der Waals surface area contributed by atoms with Crippen LogP contribution in [0.1, 0.15) is 5.56 Å². The fourth-order valence-corrected chi connectivity index (χ4v) is 1.42. The van der Waals surface area contributed by atoms with Crippen LogP contribution in [0.4, 0.5) is 0 Å². The first kappa shape index (κ1) is 11.7. The fourth-order valence-electron chi connectivity index (χ4n) is 1.42. The van der Waals surface area contributed by atoms with Gasteiger partial charge in [0.2, 0.25) is 5.91 Å². The van der Waals surface area contributed by atoms with Gasteiger partial charge in [-0.05, 0) is 12.0 Å². The number of rotatable bonds is 5. The van der Waals surface area contributed by atoms with Gasteiger partial charge < -0.3 is 15.9 Å². The summed E-state index contributed by atoms with van der Waals surface area (Å²) >= 11 is 0. The van der Waals surface area contributed by atoms with Gasteiger partial charge in [-0.15, -0.1) is 0 Å². The monoisotopic (exact) mass is 209 g/mol. The molecular formula is C11H15NO3. The quantitative estimate of drug-likeness (QED) is 0.621. The van der Waals surface area contributed by atoms with E-state index >= 15 is 0 Å². The van der Waals surface area contributed by atoms with Crippen molar-refractivity contribution in [1.29, 1.82) is 0 Å². The molecule has 0 heterocycles. The minimum Gasteiger partial charge on any atom is -0.394 e. The standard InChI is InChI=1S/C11H15NO3/c12-11(15)9(10(14)7-13)6-8-4-2-1-3-5-8/h1-5,9-10,13-14H,6-7H2,(H2,12,15)/t9-,10+/m0/s1. The van der Waals surface area contributed by atoms with Crippen molar-refractivity contribution in [1.82, 2.24) is 0 Å². The average Bonchev–Trinajstić information content (AvgIpc) is 2.26. The highest BCUT2D eigenvalue weighted by molar-refractivity contribution is 5.77. The molecule has 1 aromatic rings. The summed E-state index contributed by atoms with van der Waals surface area (Å²) in [6.45, 7) is -0.458. The molecule has 0 unspecified atom stereocenters. The summed E-state index contributed by atoms with van der Waals surface area (Å²) in [6, 6.07) is 9.25. The van der Waals surface area contributed by atoms with Gasteiger partial charge in [-0.25, -0.2) is 0 Å². The smallest absolute Gasteiger partial charge is 0.223 e. The van der Waals surface area contributed by atoms with Crippen LogP contribution in [-0.2, 0) is 11.2 Å². The number of primary amides is 1. The van der Waals surface area contributed by atoms with Gasteiger partial charge >= 0.3 is 0 Å². The molecule has 4 N–H and O–H groups in total. The summed E-state index contributed by atoms with van der Waals surface area (Å²) in [4.78, 5) is 11.1.